The molecule has 0 aromatic rings. The first-order chi connectivity index (χ1) is 8.20. The van der Waals surface area contributed by atoms with E-state index in [0.29, 0.717) is 0 Å². The summed E-state index contributed by atoms with van der Waals surface area (Å²) in [4.78, 5) is 0. The third-order valence-electron chi connectivity index (χ3n) is 3.17. The Hall–Kier alpha value is -0.240. The molecule has 0 bridgehead atoms. The molecule has 0 saturated carbocycles. The number of hydrogen-bond donors (Lipinski definition) is 2. The van der Waals surface area contributed by atoms with Crippen LogP contribution < -0.4 is 0 Å². The van der Waals surface area contributed by atoms with Crippen molar-refractivity contribution in [2.75, 3.05) is 13.2 Å². The van der Waals surface area contributed by atoms with E-state index in [1.807, 2.05) is 0 Å². The standard InChI is InChI=1S/C12H22O6/c1-11(2)15-5-7(17-11)9(13)10(14)8-6-16-12(3,4)18-8/h7-10,13-14H,5-6H2,1-4H3/t7-,8+,9-,10-/m0/s1/i5+1. The van der Waals surface area contributed by atoms with Crippen LogP contribution in [0.25, 0.3) is 0 Å². The zero-order chi connectivity index (χ0) is 13.6. The molecule has 2 fully saturated rings. The van der Waals surface area contributed by atoms with Gasteiger partial charge >= 0.3 is 0 Å². The fourth-order valence-corrected chi connectivity index (χ4v) is 2.21. The van der Waals surface area contributed by atoms with Crippen LogP contribution in [0.4, 0.5) is 0 Å². The summed E-state index contributed by atoms with van der Waals surface area (Å²) in [5.41, 5.74) is 0. The highest BCUT2D eigenvalue weighted by Crippen LogP contribution is 2.29. The number of aliphatic hydroxyl groups excluding tert-OH is 2. The predicted molar refractivity (Wildman–Crippen MR) is 61.8 cm³/mol. The molecule has 2 saturated heterocycles. The van der Waals surface area contributed by atoms with Gasteiger partial charge in [-0.3, -0.25) is 0 Å². The first-order valence-electron chi connectivity index (χ1n) is 6.20. The second-order valence-electron chi connectivity index (χ2n) is 5.72. The van der Waals surface area contributed by atoms with E-state index >= 15 is 0 Å². The zero-order valence-electron chi connectivity index (χ0n) is 11.3. The number of aliphatic hydroxyl groups is 2. The normalized spacial score (nSPS) is 37.7. The zero-order valence-corrected chi connectivity index (χ0v) is 11.3. The van der Waals surface area contributed by atoms with Gasteiger partial charge in [-0.1, -0.05) is 0 Å². The van der Waals surface area contributed by atoms with Crippen LogP contribution in [-0.4, -0.2) is 59.4 Å². The highest BCUT2D eigenvalue weighted by molar-refractivity contribution is 4.88. The van der Waals surface area contributed by atoms with E-state index in [4.69, 9.17) is 18.9 Å². The minimum absolute atomic E-state index is 0.252. The van der Waals surface area contributed by atoms with Gasteiger partial charge in [0.05, 0.1) is 13.2 Å². The maximum Gasteiger partial charge on any atom is 0.163 e. The van der Waals surface area contributed by atoms with E-state index in [1.54, 1.807) is 27.7 Å². The van der Waals surface area contributed by atoms with E-state index in [0.717, 1.165) is 0 Å². The minimum atomic E-state index is -1.06. The summed E-state index contributed by atoms with van der Waals surface area (Å²) >= 11 is 0. The van der Waals surface area contributed by atoms with Gasteiger partial charge in [0, 0.05) is 0 Å². The van der Waals surface area contributed by atoms with E-state index in [2.05, 4.69) is 0 Å². The number of hydrogen-bond acceptors (Lipinski definition) is 6. The lowest BCUT2D eigenvalue weighted by Crippen LogP contribution is -2.47. The molecule has 2 aliphatic heterocycles. The molecular formula is C12H22O6. The van der Waals surface area contributed by atoms with E-state index in [-0.39, 0.29) is 13.2 Å². The Morgan fingerprint density at radius 2 is 1.17 bits per heavy atom. The Labute approximate surface area is 107 Å². The molecule has 2 heterocycles. The van der Waals surface area contributed by atoms with Crippen LogP contribution in [0.15, 0.2) is 0 Å². The first-order valence-corrected chi connectivity index (χ1v) is 6.20. The largest absolute Gasteiger partial charge is 0.387 e. The molecule has 6 heteroatoms. The van der Waals surface area contributed by atoms with Crippen molar-refractivity contribution >= 4 is 0 Å². The van der Waals surface area contributed by atoms with Crippen molar-refractivity contribution in [1.82, 2.24) is 0 Å². The van der Waals surface area contributed by atoms with E-state index in [9.17, 15) is 10.2 Å². The van der Waals surface area contributed by atoms with Crippen molar-refractivity contribution in [3.8, 4) is 0 Å². The molecule has 4 atom stereocenters. The molecular weight excluding hydrogens is 241 g/mol. The number of rotatable bonds is 3. The number of ether oxygens (including phenoxy) is 4. The van der Waals surface area contributed by atoms with Gasteiger partial charge < -0.3 is 29.2 Å². The van der Waals surface area contributed by atoms with Gasteiger partial charge in [0.15, 0.2) is 11.6 Å². The lowest BCUT2D eigenvalue weighted by Gasteiger charge is -2.27. The third-order valence-corrected chi connectivity index (χ3v) is 3.17. The fourth-order valence-electron chi connectivity index (χ4n) is 2.21. The second kappa shape index (κ2) is 4.70. The molecule has 0 aliphatic carbocycles. The predicted octanol–water partition coefficient (Wildman–Crippen LogP) is 0.0112. The molecule has 0 aromatic carbocycles. The summed E-state index contributed by atoms with van der Waals surface area (Å²) in [6.45, 7) is 7.58. The highest BCUT2D eigenvalue weighted by atomic mass is 16.8. The molecule has 106 valence electrons. The molecule has 2 rings (SSSR count). The van der Waals surface area contributed by atoms with Crippen molar-refractivity contribution in [3.05, 3.63) is 0 Å². The van der Waals surface area contributed by atoms with Crippen molar-refractivity contribution in [2.24, 2.45) is 0 Å². The molecule has 0 unspecified atom stereocenters. The van der Waals surface area contributed by atoms with Gasteiger partial charge in [0.2, 0.25) is 0 Å². The van der Waals surface area contributed by atoms with Crippen molar-refractivity contribution in [1.29, 1.82) is 0 Å². The minimum Gasteiger partial charge on any atom is -0.387 e. The SMILES string of the molecule is CC1(C)O[13CH2][C@@H]([C@H](O)[C@@H](O)[C@H]2COC(C)(C)O2)O1. The van der Waals surface area contributed by atoms with Crippen LogP contribution in [0.5, 0.6) is 0 Å². The molecule has 2 aliphatic rings. The molecule has 0 aromatic heterocycles. The lowest BCUT2D eigenvalue weighted by molar-refractivity contribution is -0.183. The van der Waals surface area contributed by atoms with Gasteiger partial charge in [-0.25, -0.2) is 0 Å². The summed E-state index contributed by atoms with van der Waals surface area (Å²) in [7, 11) is 0. The summed E-state index contributed by atoms with van der Waals surface area (Å²) in [6.07, 6.45) is -3.23. The maximum absolute atomic E-state index is 10.1. The molecule has 0 spiro atoms. The lowest BCUT2D eigenvalue weighted by atomic mass is 10.1. The average Bonchev–Trinajstić information content (AvgIpc) is 2.79. The fraction of sp³-hybridized carbons (Fsp3) is 1.00. The van der Waals surface area contributed by atoms with Crippen LogP contribution in [-0.2, 0) is 18.9 Å². The van der Waals surface area contributed by atoms with E-state index in [1.165, 1.54) is 0 Å². The summed E-state index contributed by atoms with van der Waals surface area (Å²) in [5, 5.41) is 20.2. The molecule has 6 nitrogen and oxygen atoms in total. The molecule has 0 radical (unpaired) electrons. The smallest absolute Gasteiger partial charge is 0.163 e. The quantitative estimate of drug-likeness (QED) is 0.699. The Balaban J connectivity index is 1.92. The Morgan fingerprint density at radius 1 is 0.833 bits per heavy atom. The maximum atomic E-state index is 10.1. The van der Waals surface area contributed by atoms with Crippen LogP contribution in [0.1, 0.15) is 27.7 Å². The van der Waals surface area contributed by atoms with Crippen LogP contribution in [0.2, 0.25) is 0 Å². The summed E-state index contributed by atoms with van der Waals surface area (Å²) in [5.74, 6) is -1.45. The van der Waals surface area contributed by atoms with Crippen LogP contribution in [0, 0.1) is 0 Å². The Bertz CT molecular complexity index is 273. The first kappa shape index (κ1) is 14.2. The molecule has 0 amide bonds. The van der Waals surface area contributed by atoms with Gasteiger partial charge in [-0.2, -0.15) is 0 Å². The Kier molecular flexibility index (Phi) is 3.70. The van der Waals surface area contributed by atoms with Crippen molar-refractivity contribution in [2.45, 2.75) is 63.7 Å². The van der Waals surface area contributed by atoms with Crippen molar-refractivity contribution < 1.29 is 29.2 Å². The van der Waals surface area contributed by atoms with Crippen molar-refractivity contribution in [3.63, 3.8) is 0 Å². The second-order valence-corrected chi connectivity index (χ2v) is 5.72. The summed E-state index contributed by atoms with van der Waals surface area (Å²) in [6, 6.07) is 0. The van der Waals surface area contributed by atoms with Gasteiger partial charge in [0.1, 0.15) is 24.4 Å². The van der Waals surface area contributed by atoms with Gasteiger partial charge in [-0.15, -0.1) is 0 Å². The third kappa shape index (κ3) is 3.01. The van der Waals surface area contributed by atoms with Gasteiger partial charge in [-0.05, 0) is 27.7 Å². The summed E-state index contributed by atoms with van der Waals surface area (Å²) < 4.78 is 21.8. The van der Waals surface area contributed by atoms with Crippen LogP contribution >= 0.6 is 0 Å². The average molecular weight is 263 g/mol. The van der Waals surface area contributed by atoms with E-state index < -0.39 is 36.0 Å². The molecule has 2 N–H and O–H groups in total. The van der Waals surface area contributed by atoms with Gasteiger partial charge in [0.25, 0.3) is 0 Å². The topological polar surface area (TPSA) is 77.4 Å². The van der Waals surface area contributed by atoms with Crippen LogP contribution in [0.3, 0.4) is 0 Å². The monoisotopic (exact) mass is 263 g/mol. The highest BCUT2D eigenvalue weighted by Gasteiger charge is 2.45. The molecule has 18 heavy (non-hydrogen) atoms. The Morgan fingerprint density at radius 3 is 1.39 bits per heavy atom.